The van der Waals surface area contributed by atoms with Crippen LogP contribution < -0.4 is 0 Å². The Hall–Kier alpha value is -0.610. The van der Waals surface area contributed by atoms with Crippen molar-refractivity contribution in [3.63, 3.8) is 0 Å². The molecule has 0 radical (unpaired) electrons. The Morgan fingerprint density at radius 2 is 2.06 bits per heavy atom. The van der Waals surface area contributed by atoms with E-state index in [-0.39, 0.29) is 0 Å². The van der Waals surface area contributed by atoms with Gasteiger partial charge in [0.05, 0.1) is 0 Å². The first-order valence-electron chi connectivity index (χ1n) is 6.29. The summed E-state index contributed by atoms with van der Waals surface area (Å²) >= 11 is 0. The Labute approximate surface area is 97.2 Å². The lowest BCUT2D eigenvalue weighted by Crippen LogP contribution is -2.43. The molecule has 2 rings (SSSR count). The molecular formula is C12H22N2O2. The summed E-state index contributed by atoms with van der Waals surface area (Å²) in [6.07, 6.45) is 3.71. The number of piperidine rings is 1. The van der Waals surface area contributed by atoms with Gasteiger partial charge in [0.15, 0.2) is 0 Å². The van der Waals surface area contributed by atoms with Crippen LogP contribution in [0, 0.1) is 5.92 Å². The lowest BCUT2D eigenvalue weighted by Gasteiger charge is -2.37. The fraction of sp³-hybridized carbons (Fsp3) is 0.917. The van der Waals surface area contributed by atoms with E-state index < -0.39 is 5.97 Å². The van der Waals surface area contributed by atoms with Crippen LogP contribution in [0.3, 0.4) is 0 Å². The summed E-state index contributed by atoms with van der Waals surface area (Å²) in [5.41, 5.74) is 0. The lowest BCUT2D eigenvalue weighted by atomic mass is 9.87. The van der Waals surface area contributed by atoms with Crippen molar-refractivity contribution < 1.29 is 9.90 Å². The number of aliphatic carboxylic acids is 1. The highest BCUT2D eigenvalue weighted by atomic mass is 16.4. The van der Waals surface area contributed by atoms with Crippen molar-refractivity contribution in [1.82, 2.24) is 9.80 Å². The van der Waals surface area contributed by atoms with Crippen molar-refractivity contribution in [2.45, 2.75) is 31.7 Å². The zero-order valence-corrected chi connectivity index (χ0v) is 10.1. The van der Waals surface area contributed by atoms with Crippen molar-refractivity contribution in [3.8, 4) is 0 Å². The molecule has 2 atom stereocenters. The number of carboxylic acid groups (broad SMARTS) is 1. The number of carbonyl (C=O) groups is 1. The summed E-state index contributed by atoms with van der Waals surface area (Å²) < 4.78 is 0. The van der Waals surface area contributed by atoms with Crippen LogP contribution in [0.1, 0.15) is 25.7 Å². The highest BCUT2D eigenvalue weighted by Crippen LogP contribution is 2.28. The molecule has 0 aromatic carbocycles. The first-order chi connectivity index (χ1) is 7.65. The molecule has 0 aromatic heterocycles. The van der Waals surface area contributed by atoms with Crippen molar-refractivity contribution in [2.75, 3.05) is 33.2 Å². The van der Waals surface area contributed by atoms with E-state index in [0.717, 1.165) is 39.0 Å². The van der Waals surface area contributed by atoms with Crippen LogP contribution in [0.4, 0.5) is 0 Å². The Morgan fingerprint density at radius 1 is 1.25 bits per heavy atom. The third-order valence-corrected chi connectivity index (χ3v) is 4.02. The SMILES string of the molecule is CN1CCC2CC(CC(=O)O)CCN2CC1. The molecule has 0 amide bonds. The van der Waals surface area contributed by atoms with E-state index in [2.05, 4.69) is 16.8 Å². The monoisotopic (exact) mass is 226 g/mol. The van der Waals surface area contributed by atoms with Gasteiger partial charge < -0.3 is 10.0 Å². The third-order valence-electron chi connectivity index (χ3n) is 4.02. The summed E-state index contributed by atoms with van der Waals surface area (Å²) in [6, 6.07) is 0.628. The minimum absolute atomic E-state index is 0.361. The van der Waals surface area contributed by atoms with E-state index in [4.69, 9.17) is 5.11 Å². The van der Waals surface area contributed by atoms with Gasteiger partial charge in [0, 0.05) is 25.6 Å². The van der Waals surface area contributed by atoms with Crippen LogP contribution in [0.5, 0.6) is 0 Å². The number of nitrogens with zero attached hydrogens (tertiary/aromatic N) is 2. The Bertz CT molecular complexity index is 257. The quantitative estimate of drug-likeness (QED) is 0.759. The number of fused-ring (bicyclic) bond motifs is 1. The number of carboxylic acids is 1. The van der Waals surface area contributed by atoms with Gasteiger partial charge in [-0.3, -0.25) is 9.69 Å². The van der Waals surface area contributed by atoms with Crippen molar-refractivity contribution in [2.24, 2.45) is 5.92 Å². The third kappa shape index (κ3) is 2.95. The first-order valence-corrected chi connectivity index (χ1v) is 6.29. The van der Waals surface area contributed by atoms with Gasteiger partial charge in [0.2, 0.25) is 0 Å². The summed E-state index contributed by atoms with van der Waals surface area (Å²) in [4.78, 5) is 15.7. The topological polar surface area (TPSA) is 43.8 Å². The molecule has 0 aromatic rings. The molecule has 4 heteroatoms. The average molecular weight is 226 g/mol. The second-order valence-corrected chi connectivity index (χ2v) is 5.27. The predicted octanol–water partition coefficient (Wildman–Crippen LogP) is 0.877. The largest absolute Gasteiger partial charge is 0.481 e. The van der Waals surface area contributed by atoms with Crippen LogP contribution in [-0.2, 0) is 4.79 Å². The molecule has 2 fully saturated rings. The zero-order valence-electron chi connectivity index (χ0n) is 10.1. The molecule has 2 unspecified atom stereocenters. The molecule has 16 heavy (non-hydrogen) atoms. The maximum Gasteiger partial charge on any atom is 0.303 e. The Balaban J connectivity index is 1.89. The van der Waals surface area contributed by atoms with Crippen LogP contribution in [0.2, 0.25) is 0 Å². The lowest BCUT2D eigenvalue weighted by molar-refractivity contribution is -0.138. The normalized spacial score (nSPS) is 33.1. The minimum Gasteiger partial charge on any atom is -0.481 e. The standard InChI is InChI=1S/C12H22N2O2/c1-13-4-3-11-8-10(9-12(15)16)2-5-14(11)7-6-13/h10-11H,2-9H2,1H3,(H,15,16). The molecule has 92 valence electrons. The van der Waals surface area contributed by atoms with Crippen molar-refractivity contribution in [1.29, 1.82) is 0 Å². The second-order valence-electron chi connectivity index (χ2n) is 5.27. The molecule has 2 aliphatic rings. The molecule has 2 saturated heterocycles. The molecule has 0 saturated carbocycles. The summed E-state index contributed by atoms with van der Waals surface area (Å²) in [5, 5.41) is 8.84. The average Bonchev–Trinajstić information content (AvgIpc) is 2.40. The molecule has 2 aliphatic heterocycles. The Morgan fingerprint density at radius 3 is 2.81 bits per heavy atom. The summed E-state index contributed by atoms with van der Waals surface area (Å²) in [5.74, 6) is -0.230. The van der Waals surface area contributed by atoms with Gasteiger partial charge in [-0.2, -0.15) is 0 Å². The van der Waals surface area contributed by atoms with Gasteiger partial charge in [-0.1, -0.05) is 0 Å². The van der Waals surface area contributed by atoms with E-state index in [0.29, 0.717) is 18.4 Å². The molecule has 1 N–H and O–H groups in total. The van der Waals surface area contributed by atoms with Crippen molar-refractivity contribution >= 4 is 5.97 Å². The molecule has 0 spiro atoms. The highest BCUT2D eigenvalue weighted by molar-refractivity contribution is 5.67. The van der Waals surface area contributed by atoms with Crippen LogP contribution in [0.25, 0.3) is 0 Å². The van der Waals surface area contributed by atoms with E-state index in [1.54, 1.807) is 0 Å². The second kappa shape index (κ2) is 5.15. The maximum absolute atomic E-state index is 10.7. The molecule has 0 aliphatic carbocycles. The van der Waals surface area contributed by atoms with E-state index in [9.17, 15) is 4.79 Å². The van der Waals surface area contributed by atoms with E-state index in [1.807, 2.05) is 0 Å². The minimum atomic E-state index is -0.635. The predicted molar refractivity (Wildman–Crippen MR) is 62.5 cm³/mol. The number of rotatable bonds is 2. The molecule has 2 heterocycles. The number of hydrogen-bond acceptors (Lipinski definition) is 3. The van der Waals surface area contributed by atoms with Crippen LogP contribution in [0.15, 0.2) is 0 Å². The van der Waals surface area contributed by atoms with Crippen molar-refractivity contribution in [3.05, 3.63) is 0 Å². The van der Waals surface area contributed by atoms with Gasteiger partial charge in [-0.15, -0.1) is 0 Å². The fourth-order valence-electron chi connectivity index (χ4n) is 2.99. The molecule has 4 nitrogen and oxygen atoms in total. The van der Waals surface area contributed by atoms with Crippen LogP contribution >= 0.6 is 0 Å². The Kier molecular flexibility index (Phi) is 3.82. The summed E-state index contributed by atoms with van der Waals surface area (Å²) in [6.45, 7) is 4.55. The van der Waals surface area contributed by atoms with Gasteiger partial charge in [0.1, 0.15) is 0 Å². The number of likely N-dealkylation sites (N-methyl/N-ethyl adjacent to an activating group) is 1. The molecular weight excluding hydrogens is 204 g/mol. The molecule has 0 bridgehead atoms. The van der Waals surface area contributed by atoms with Gasteiger partial charge in [0.25, 0.3) is 0 Å². The number of hydrogen-bond donors (Lipinski definition) is 1. The van der Waals surface area contributed by atoms with E-state index >= 15 is 0 Å². The smallest absolute Gasteiger partial charge is 0.303 e. The van der Waals surface area contributed by atoms with Gasteiger partial charge in [-0.25, -0.2) is 0 Å². The highest BCUT2D eigenvalue weighted by Gasteiger charge is 2.30. The van der Waals surface area contributed by atoms with Gasteiger partial charge >= 0.3 is 5.97 Å². The van der Waals surface area contributed by atoms with E-state index in [1.165, 1.54) is 6.42 Å². The first kappa shape index (κ1) is 11.9. The zero-order chi connectivity index (χ0) is 11.5. The maximum atomic E-state index is 10.7. The summed E-state index contributed by atoms with van der Waals surface area (Å²) in [7, 11) is 2.17. The van der Waals surface area contributed by atoms with Crippen LogP contribution in [-0.4, -0.2) is 60.1 Å². The fourth-order valence-corrected chi connectivity index (χ4v) is 2.99. The van der Waals surface area contributed by atoms with Gasteiger partial charge in [-0.05, 0) is 45.3 Å².